The predicted molar refractivity (Wildman–Crippen MR) is 130 cm³/mol. The van der Waals surface area contributed by atoms with Crippen LogP contribution in [0.25, 0.3) is 11.3 Å². The summed E-state index contributed by atoms with van der Waals surface area (Å²) in [7, 11) is 0. The smallest absolute Gasteiger partial charge is 0.402 e. The van der Waals surface area contributed by atoms with Gasteiger partial charge in [-0.25, -0.2) is 4.98 Å². The standard InChI is InChI=1S/C12H13F3N4O.C11H19NO.C2H6/c1-7(2)19-4-3-9(18-19)8-5-10(11(16)17-6-8)20-12(13,14)15;1-8-7-12(2-3-13-8)11-5-9-4-10(9)6-11;1-2/h3-7H,1-2H3,(H2,16,17);8-11H,2-7H2,1H3;1-2H3. The Kier molecular flexibility index (Phi) is 9.04. The fourth-order valence-corrected chi connectivity index (χ4v) is 4.74. The second-order valence-electron chi connectivity index (χ2n) is 9.49. The lowest BCUT2D eigenvalue weighted by atomic mass is 10.1. The molecule has 2 N–H and O–H groups in total. The van der Waals surface area contributed by atoms with Crippen molar-refractivity contribution >= 4 is 5.82 Å². The minimum absolute atomic E-state index is 0.149. The lowest BCUT2D eigenvalue weighted by molar-refractivity contribution is -0.274. The minimum atomic E-state index is -4.81. The van der Waals surface area contributed by atoms with Gasteiger partial charge in [0.2, 0.25) is 0 Å². The van der Waals surface area contributed by atoms with E-state index in [1.807, 2.05) is 27.7 Å². The van der Waals surface area contributed by atoms with E-state index in [0.717, 1.165) is 24.5 Å². The van der Waals surface area contributed by atoms with Gasteiger partial charge in [0.25, 0.3) is 0 Å². The van der Waals surface area contributed by atoms with Crippen molar-refractivity contribution in [2.75, 3.05) is 25.4 Å². The van der Waals surface area contributed by atoms with Crippen LogP contribution in [0.5, 0.6) is 5.75 Å². The van der Waals surface area contributed by atoms with Gasteiger partial charge in [-0.15, -0.1) is 13.2 Å². The van der Waals surface area contributed by atoms with Crippen LogP contribution in [0, 0.1) is 11.8 Å². The molecule has 2 saturated carbocycles. The quantitative estimate of drug-likeness (QED) is 0.598. The van der Waals surface area contributed by atoms with Crippen LogP contribution in [0.2, 0.25) is 0 Å². The summed E-state index contributed by atoms with van der Waals surface area (Å²) in [5.74, 6) is 1.37. The van der Waals surface area contributed by atoms with Gasteiger partial charge in [-0.3, -0.25) is 9.58 Å². The number of ether oxygens (including phenoxy) is 2. The molecule has 1 aliphatic heterocycles. The van der Waals surface area contributed by atoms with Crippen molar-refractivity contribution in [2.24, 2.45) is 11.8 Å². The highest BCUT2D eigenvalue weighted by atomic mass is 19.4. The Morgan fingerprint density at radius 1 is 1.17 bits per heavy atom. The summed E-state index contributed by atoms with van der Waals surface area (Å²) in [4.78, 5) is 6.36. The minimum Gasteiger partial charge on any atom is -0.402 e. The van der Waals surface area contributed by atoms with Gasteiger partial charge in [-0.05, 0) is 64.0 Å². The zero-order valence-corrected chi connectivity index (χ0v) is 21.3. The lowest BCUT2D eigenvalue weighted by Gasteiger charge is -2.36. The fourth-order valence-electron chi connectivity index (χ4n) is 4.74. The van der Waals surface area contributed by atoms with Gasteiger partial charge in [0.05, 0.1) is 18.4 Å². The Labute approximate surface area is 205 Å². The normalized spacial score (nSPS) is 25.7. The molecule has 3 fully saturated rings. The summed E-state index contributed by atoms with van der Waals surface area (Å²) >= 11 is 0. The maximum Gasteiger partial charge on any atom is 0.573 e. The van der Waals surface area contributed by atoms with Gasteiger partial charge in [-0.2, -0.15) is 5.10 Å². The zero-order valence-electron chi connectivity index (χ0n) is 21.3. The molecule has 1 saturated heterocycles. The number of nitrogens with two attached hydrogens (primary N) is 1. The molecule has 5 rings (SSSR count). The summed E-state index contributed by atoms with van der Waals surface area (Å²) in [6.07, 6.45) is 3.24. The fraction of sp³-hybridized carbons (Fsp3) is 0.680. The van der Waals surface area contributed by atoms with Crippen molar-refractivity contribution in [2.45, 2.75) is 78.4 Å². The molecule has 0 bridgehead atoms. The lowest BCUT2D eigenvalue weighted by Crippen LogP contribution is -2.46. The topological polar surface area (TPSA) is 78.4 Å². The number of pyridine rings is 1. The number of aromatic nitrogens is 3. The molecule has 10 heteroatoms. The van der Waals surface area contributed by atoms with Crippen molar-refractivity contribution in [3.8, 4) is 17.0 Å². The van der Waals surface area contributed by atoms with Crippen LogP contribution in [0.3, 0.4) is 0 Å². The van der Waals surface area contributed by atoms with E-state index >= 15 is 0 Å². The van der Waals surface area contributed by atoms with E-state index in [9.17, 15) is 13.2 Å². The van der Waals surface area contributed by atoms with Crippen LogP contribution in [-0.2, 0) is 4.74 Å². The maximum absolute atomic E-state index is 12.2. The highest BCUT2D eigenvalue weighted by Crippen LogP contribution is 2.53. The molecule has 0 aromatic carbocycles. The highest BCUT2D eigenvalue weighted by molar-refractivity contribution is 5.63. The molecule has 2 aliphatic carbocycles. The molecule has 3 atom stereocenters. The van der Waals surface area contributed by atoms with Crippen LogP contribution in [0.15, 0.2) is 24.5 Å². The van der Waals surface area contributed by atoms with E-state index in [-0.39, 0.29) is 11.9 Å². The maximum atomic E-state index is 12.2. The van der Waals surface area contributed by atoms with Crippen LogP contribution in [0.4, 0.5) is 19.0 Å². The van der Waals surface area contributed by atoms with Crippen molar-refractivity contribution < 1.29 is 22.6 Å². The highest BCUT2D eigenvalue weighted by Gasteiger charge is 2.47. The number of nitrogens with zero attached hydrogens (tertiary/aromatic N) is 4. The molecule has 2 aromatic heterocycles. The zero-order chi connectivity index (χ0) is 25.8. The molecule has 0 amide bonds. The second-order valence-corrected chi connectivity index (χ2v) is 9.49. The van der Waals surface area contributed by atoms with Crippen molar-refractivity contribution in [3.63, 3.8) is 0 Å². The molecule has 7 nitrogen and oxygen atoms in total. The molecule has 0 radical (unpaired) electrons. The number of halogens is 3. The number of morpholine rings is 1. The van der Waals surface area contributed by atoms with E-state index in [0.29, 0.717) is 17.4 Å². The Morgan fingerprint density at radius 2 is 1.86 bits per heavy atom. The monoisotopic (exact) mass is 497 g/mol. The summed E-state index contributed by atoms with van der Waals surface area (Å²) in [5.41, 5.74) is 6.27. The third-order valence-corrected chi connectivity index (χ3v) is 6.55. The Balaban J connectivity index is 0.000000195. The molecular weight excluding hydrogens is 459 g/mol. The third-order valence-electron chi connectivity index (χ3n) is 6.55. The van der Waals surface area contributed by atoms with Crippen LogP contribution < -0.4 is 10.5 Å². The molecule has 196 valence electrons. The third kappa shape index (κ3) is 7.57. The Morgan fingerprint density at radius 3 is 2.43 bits per heavy atom. The van der Waals surface area contributed by atoms with Gasteiger partial charge in [0.15, 0.2) is 11.6 Å². The van der Waals surface area contributed by atoms with E-state index in [1.165, 1.54) is 44.6 Å². The van der Waals surface area contributed by atoms with E-state index in [2.05, 4.69) is 26.6 Å². The number of hydrogen-bond acceptors (Lipinski definition) is 6. The molecule has 35 heavy (non-hydrogen) atoms. The van der Waals surface area contributed by atoms with Gasteiger partial charge in [-0.1, -0.05) is 13.8 Å². The summed E-state index contributed by atoms with van der Waals surface area (Å²) in [6, 6.07) is 3.92. The van der Waals surface area contributed by atoms with E-state index < -0.39 is 12.1 Å². The van der Waals surface area contributed by atoms with E-state index in [4.69, 9.17) is 10.5 Å². The first-order valence-corrected chi connectivity index (χ1v) is 12.5. The first-order valence-electron chi connectivity index (χ1n) is 12.5. The van der Waals surface area contributed by atoms with Crippen molar-refractivity contribution in [3.05, 3.63) is 24.5 Å². The number of hydrogen-bond donors (Lipinski definition) is 1. The SMILES string of the molecule is CC.CC(C)n1ccc(-c2cnc(N)c(OC(F)(F)F)c2)n1.CC1CN(C2CC3CC3C2)CCO1. The van der Waals surface area contributed by atoms with Crippen LogP contribution in [0.1, 0.15) is 59.9 Å². The van der Waals surface area contributed by atoms with E-state index in [1.54, 1.807) is 16.9 Å². The number of fused-ring (bicyclic) bond motifs is 1. The number of alkyl halides is 3. The molecule has 0 spiro atoms. The van der Waals surface area contributed by atoms with Gasteiger partial charge < -0.3 is 15.2 Å². The Bertz CT molecular complexity index is 939. The number of nitrogen functional groups attached to an aromatic ring is 1. The first-order chi connectivity index (χ1) is 16.6. The summed E-state index contributed by atoms with van der Waals surface area (Å²) < 4.78 is 47.8. The number of rotatable bonds is 4. The van der Waals surface area contributed by atoms with Gasteiger partial charge in [0.1, 0.15) is 0 Å². The first kappa shape index (κ1) is 27.3. The Hall–Kier alpha value is -2.33. The predicted octanol–water partition coefficient (Wildman–Crippen LogP) is 5.54. The number of anilines is 1. The average molecular weight is 498 g/mol. The molecule has 3 aliphatic rings. The average Bonchev–Trinajstić information content (AvgIpc) is 3.19. The van der Waals surface area contributed by atoms with Crippen molar-refractivity contribution in [1.82, 2.24) is 19.7 Å². The summed E-state index contributed by atoms with van der Waals surface area (Å²) in [5, 5.41) is 4.25. The van der Waals surface area contributed by atoms with Gasteiger partial charge in [0, 0.05) is 43.1 Å². The largest absolute Gasteiger partial charge is 0.573 e. The molecule has 2 aromatic rings. The van der Waals surface area contributed by atoms with Crippen LogP contribution in [-0.4, -0.2) is 57.9 Å². The summed E-state index contributed by atoms with van der Waals surface area (Å²) in [6.45, 7) is 13.4. The molecular formula is C25H38F3N5O2. The van der Waals surface area contributed by atoms with Gasteiger partial charge >= 0.3 is 6.36 Å². The van der Waals surface area contributed by atoms with Crippen molar-refractivity contribution in [1.29, 1.82) is 0 Å². The molecule has 3 heterocycles. The molecule has 3 unspecified atom stereocenters. The second kappa shape index (κ2) is 11.6. The van der Waals surface area contributed by atoms with Crippen LogP contribution >= 0.6 is 0 Å².